The molecule has 0 bridgehead atoms. The third kappa shape index (κ3) is 9.43. The summed E-state index contributed by atoms with van der Waals surface area (Å²) < 4.78 is 0. The molecule has 0 saturated heterocycles. The van der Waals surface area contributed by atoms with E-state index >= 15 is 0 Å². The normalized spacial score (nSPS) is 12.4. The van der Waals surface area contributed by atoms with E-state index in [0.717, 1.165) is 0 Å². The Morgan fingerprint density at radius 1 is 1.23 bits per heavy atom. The van der Waals surface area contributed by atoms with Gasteiger partial charge in [0, 0.05) is 6.04 Å². The molecule has 76 valence electrons. The van der Waals surface area contributed by atoms with Crippen LogP contribution >= 0.6 is 0 Å². The van der Waals surface area contributed by atoms with Gasteiger partial charge in [0.15, 0.2) is 0 Å². The van der Waals surface area contributed by atoms with Gasteiger partial charge in [0.1, 0.15) is 0 Å². The van der Waals surface area contributed by atoms with Crippen LogP contribution in [0.1, 0.15) is 52.4 Å². The lowest BCUT2D eigenvalue weighted by Crippen LogP contribution is -2.25. The van der Waals surface area contributed by atoms with Crippen LogP contribution in [-0.4, -0.2) is 12.6 Å². The number of nitrogens with one attached hydrogen (secondary N) is 1. The Morgan fingerprint density at radius 3 is 2.54 bits per heavy atom. The Hall–Kier alpha value is -0.480. The van der Waals surface area contributed by atoms with Crippen molar-refractivity contribution in [1.29, 1.82) is 0 Å². The summed E-state index contributed by atoms with van der Waals surface area (Å²) in [6, 6.07) is 0.581. The first-order chi connectivity index (χ1) is 6.31. The molecule has 0 spiro atoms. The highest BCUT2D eigenvalue weighted by atomic mass is 14.9. The molecule has 0 aromatic rings. The average Bonchev–Trinajstić information content (AvgIpc) is 2.14. The lowest BCUT2D eigenvalue weighted by Gasteiger charge is -2.10. The second-order valence-corrected chi connectivity index (χ2v) is 3.69. The Kier molecular flexibility index (Phi) is 9.25. The summed E-state index contributed by atoms with van der Waals surface area (Å²) in [4.78, 5) is 0. The standard InChI is InChI=1S/C12H23N/c1-4-6-7-8-9-10-12(3)13-11-5-2/h2,12-13H,4,6-11H2,1,3H3. The fraction of sp³-hybridized carbons (Fsp3) is 0.833. The molecule has 0 aromatic carbocycles. The van der Waals surface area contributed by atoms with Gasteiger partial charge in [-0.2, -0.15) is 0 Å². The molecule has 0 aliphatic carbocycles. The van der Waals surface area contributed by atoms with Gasteiger partial charge in [0.25, 0.3) is 0 Å². The van der Waals surface area contributed by atoms with Gasteiger partial charge < -0.3 is 5.32 Å². The topological polar surface area (TPSA) is 12.0 Å². The fourth-order valence-corrected chi connectivity index (χ4v) is 1.39. The van der Waals surface area contributed by atoms with Crippen molar-refractivity contribution in [1.82, 2.24) is 5.32 Å². The van der Waals surface area contributed by atoms with Crippen LogP contribution in [0.25, 0.3) is 0 Å². The largest absolute Gasteiger partial charge is 0.304 e. The van der Waals surface area contributed by atoms with Crippen molar-refractivity contribution in [3.8, 4) is 12.3 Å². The van der Waals surface area contributed by atoms with Gasteiger partial charge in [-0.3, -0.25) is 0 Å². The first-order valence-electron chi connectivity index (χ1n) is 5.48. The maximum Gasteiger partial charge on any atom is 0.0575 e. The van der Waals surface area contributed by atoms with E-state index in [1.54, 1.807) is 0 Å². The van der Waals surface area contributed by atoms with Crippen LogP contribution in [0.15, 0.2) is 0 Å². The van der Waals surface area contributed by atoms with Crippen LogP contribution in [0.5, 0.6) is 0 Å². The van der Waals surface area contributed by atoms with Crippen molar-refractivity contribution in [3.63, 3.8) is 0 Å². The van der Waals surface area contributed by atoms with Gasteiger partial charge >= 0.3 is 0 Å². The minimum Gasteiger partial charge on any atom is -0.304 e. The Morgan fingerprint density at radius 2 is 1.92 bits per heavy atom. The van der Waals surface area contributed by atoms with Crippen molar-refractivity contribution in [2.45, 2.75) is 58.4 Å². The van der Waals surface area contributed by atoms with Gasteiger partial charge in [-0.15, -0.1) is 6.42 Å². The van der Waals surface area contributed by atoms with Crippen LogP contribution in [0.4, 0.5) is 0 Å². The fourth-order valence-electron chi connectivity index (χ4n) is 1.39. The van der Waals surface area contributed by atoms with Gasteiger partial charge in [-0.25, -0.2) is 0 Å². The highest BCUT2D eigenvalue weighted by Gasteiger charge is 1.98. The Labute approximate surface area is 83.3 Å². The Balaban J connectivity index is 3.08. The molecule has 13 heavy (non-hydrogen) atoms. The highest BCUT2D eigenvalue weighted by Crippen LogP contribution is 2.06. The van der Waals surface area contributed by atoms with E-state index in [1.165, 1.54) is 38.5 Å². The quantitative estimate of drug-likeness (QED) is 0.448. The van der Waals surface area contributed by atoms with Crippen molar-refractivity contribution in [2.24, 2.45) is 0 Å². The molecule has 1 unspecified atom stereocenters. The summed E-state index contributed by atoms with van der Waals surface area (Å²) in [7, 11) is 0. The van der Waals surface area contributed by atoms with Crippen LogP contribution in [0.3, 0.4) is 0 Å². The summed E-state index contributed by atoms with van der Waals surface area (Å²) >= 11 is 0. The summed E-state index contributed by atoms with van der Waals surface area (Å²) in [5.74, 6) is 2.60. The number of hydrogen-bond acceptors (Lipinski definition) is 1. The van der Waals surface area contributed by atoms with Gasteiger partial charge in [-0.05, 0) is 13.3 Å². The van der Waals surface area contributed by atoms with Crippen molar-refractivity contribution < 1.29 is 0 Å². The molecule has 1 nitrogen and oxygen atoms in total. The minimum atomic E-state index is 0.581. The molecule has 0 amide bonds. The molecule has 1 atom stereocenters. The van der Waals surface area contributed by atoms with E-state index in [0.29, 0.717) is 12.6 Å². The number of terminal acetylenes is 1. The molecule has 1 heteroatoms. The average molecular weight is 181 g/mol. The molecule has 0 rings (SSSR count). The molecule has 0 radical (unpaired) electrons. The smallest absolute Gasteiger partial charge is 0.0575 e. The summed E-state index contributed by atoms with van der Waals surface area (Å²) in [6.45, 7) is 5.16. The molecular formula is C12H23N. The van der Waals surface area contributed by atoms with Gasteiger partial charge in [0.2, 0.25) is 0 Å². The zero-order valence-corrected chi connectivity index (χ0v) is 9.10. The third-order valence-electron chi connectivity index (χ3n) is 2.29. The van der Waals surface area contributed by atoms with Crippen LogP contribution in [-0.2, 0) is 0 Å². The number of unbranched alkanes of at least 4 members (excludes halogenated alkanes) is 4. The molecular weight excluding hydrogens is 158 g/mol. The number of rotatable bonds is 8. The zero-order chi connectivity index (χ0) is 9.94. The molecule has 0 saturated carbocycles. The lowest BCUT2D eigenvalue weighted by molar-refractivity contribution is 0.501. The monoisotopic (exact) mass is 181 g/mol. The van der Waals surface area contributed by atoms with Crippen molar-refractivity contribution in [2.75, 3.05) is 6.54 Å². The molecule has 0 heterocycles. The third-order valence-corrected chi connectivity index (χ3v) is 2.29. The molecule has 0 fully saturated rings. The first-order valence-corrected chi connectivity index (χ1v) is 5.48. The minimum absolute atomic E-state index is 0.581. The maximum absolute atomic E-state index is 5.16. The highest BCUT2D eigenvalue weighted by molar-refractivity contribution is 4.87. The molecule has 0 aromatic heterocycles. The van der Waals surface area contributed by atoms with Gasteiger partial charge in [0.05, 0.1) is 6.54 Å². The summed E-state index contributed by atoms with van der Waals surface area (Å²) in [5.41, 5.74) is 0. The summed E-state index contributed by atoms with van der Waals surface area (Å²) in [6.07, 6.45) is 13.2. The molecule has 0 aliphatic rings. The van der Waals surface area contributed by atoms with Crippen LogP contribution in [0.2, 0.25) is 0 Å². The van der Waals surface area contributed by atoms with Gasteiger partial charge in [-0.1, -0.05) is 44.9 Å². The van der Waals surface area contributed by atoms with E-state index in [2.05, 4.69) is 25.1 Å². The van der Waals surface area contributed by atoms with Crippen molar-refractivity contribution in [3.05, 3.63) is 0 Å². The lowest BCUT2D eigenvalue weighted by atomic mass is 10.1. The summed E-state index contributed by atoms with van der Waals surface area (Å²) in [5, 5.41) is 3.29. The predicted molar refractivity (Wildman–Crippen MR) is 59.7 cm³/mol. The maximum atomic E-state index is 5.16. The second kappa shape index (κ2) is 9.61. The SMILES string of the molecule is C#CCNC(C)CCCCCCC. The first kappa shape index (κ1) is 12.5. The van der Waals surface area contributed by atoms with Crippen molar-refractivity contribution >= 4 is 0 Å². The number of hydrogen-bond donors (Lipinski definition) is 1. The van der Waals surface area contributed by atoms with E-state index in [1.807, 2.05) is 0 Å². The van der Waals surface area contributed by atoms with Crippen LogP contribution in [0, 0.1) is 12.3 Å². The second-order valence-electron chi connectivity index (χ2n) is 3.69. The Bertz CT molecular complexity index is 135. The van der Waals surface area contributed by atoms with E-state index < -0.39 is 0 Å². The van der Waals surface area contributed by atoms with Crippen LogP contribution < -0.4 is 5.32 Å². The van der Waals surface area contributed by atoms with E-state index in [4.69, 9.17) is 6.42 Å². The van der Waals surface area contributed by atoms with E-state index in [9.17, 15) is 0 Å². The predicted octanol–water partition coefficient (Wildman–Crippen LogP) is 2.96. The van der Waals surface area contributed by atoms with E-state index in [-0.39, 0.29) is 0 Å². The molecule has 1 N–H and O–H groups in total. The zero-order valence-electron chi connectivity index (χ0n) is 9.10. The molecule has 0 aliphatic heterocycles.